The molecule has 0 saturated carbocycles. The quantitative estimate of drug-likeness (QED) is 0.672. The van der Waals surface area contributed by atoms with E-state index in [1.54, 1.807) is 0 Å². The predicted octanol–water partition coefficient (Wildman–Crippen LogP) is -0.481. The predicted molar refractivity (Wildman–Crippen MR) is 47.8 cm³/mol. The molecular weight excluding hydrogens is 206 g/mol. The fraction of sp³-hybridized carbons (Fsp3) is 0.571. The molecule has 1 atom stereocenters. The Hall–Kier alpha value is -1.24. The summed E-state index contributed by atoms with van der Waals surface area (Å²) in [7, 11) is -2.92. The van der Waals surface area contributed by atoms with Crippen LogP contribution in [-0.4, -0.2) is 41.4 Å². The van der Waals surface area contributed by atoms with E-state index >= 15 is 0 Å². The van der Waals surface area contributed by atoms with Crippen molar-refractivity contribution in [2.45, 2.75) is 12.3 Å². The van der Waals surface area contributed by atoms with Crippen molar-refractivity contribution in [1.29, 1.82) is 0 Å². The Morgan fingerprint density at radius 1 is 1.50 bits per heavy atom. The molecule has 1 unspecified atom stereocenters. The highest BCUT2D eigenvalue weighted by atomic mass is 32.2. The Kier molecular flexibility index (Phi) is 2.10. The molecule has 1 fully saturated rings. The van der Waals surface area contributed by atoms with E-state index in [1.165, 1.54) is 0 Å². The molecule has 0 radical (unpaired) electrons. The van der Waals surface area contributed by atoms with Crippen LogP contribution in [0, 0.1) is 0 Å². The van der Waals surface area contributed by atoms with E-state index in [1.807, 2.05) is 0 Å². The average molecular weight is 215 g/mol. The third-order valence-corrected chi connectivity index (χ3v) is 4.01. The van der Waals surface area contributed by atoms with Gasteiger partial charge in [0.05, 0.1) is 11.5 Å². The number of H-pyrrole nitrogens is 1. The van der Waals surface area contributed by atoms with Crippen LogP contribution in [0.4, 0.5) is 0 Å². The SMILES string of the molecule is O=Cc1n[nH]c(C2CCS(=O)(=O)C2)n1. The van der Waals surface area contributed by atoms with E-state index in [4.69, 9.17) is 0 Å². The Balaban J connectivity index is 2.21. The van der Waals surface area contributed by atoms with Crippen molar-refractivity contribution in [3.8, 4) is 0 Å². The first-order chi connectivity index (χ1) is 6.61. The van der Waals surface area contributed by atoms with Gasteiger partial charge in [0, 0.05) is 5.92 Å². The van der Waals surface area contributed by atoms with E-state index < -0.39 is 9.84 Å². The van der Waals surface area contributed by atoms with Gasteiger partial charge >= 0.3 is 0 Å². The first kappa shape index (κ1) is 9.32. The fourth-order valence-electron chi connectivity index (χ4n) is 1.53. The smallest absolute Gasteiger partial charge is 0.214 e. The topological polar surface area (TPSA) is 92.8 Å². The first-order valence-corrected chi connectivity index (χ1v) is 6.01. The number of nitrogens with one attached hydrogen (secondary N) is 1. The Morgan fingerprint density at radius 3 is 2.79 bits per heavy atom. The Bertz CT molecular complexity index is 451. The molecule has 1 aliphatic heterocycles. The van der Waals surface area contributed by atoms with Gasteiger partial charge < -0.3 is 0 Å². The number of rotatable bonds is 2. The highest BCUT2D eigenvalue weighted by Crippen LogP contribution is 2.25. The van der Waals surface area contributed by atoms with Crippen LogP contribution in [0.25, 0.3) is 0 Å². The van der Waals surface area contributed by atoms with Gasteiger partial charge in [0.2, 0.25) is 5.82 Å². The molecule has 2 rings (SSSR count). The lowest BCUT2D eigenvalue weighted by molar-refractivity contribution is 0.111. The molecule has 76 valence electrons. The largest absolute Gasteiger partial charge is 0.294 e. The van der Waals surface area contributed by atoms with Crippen molar-refractivity contribution < 1.29 is 13.2 Å². The lowest BCUT2D eigenvalue weighted by Gasteiger charge is -1.99. The van der Waals surface area contributed by atoms with Crippen molar-refractivity contribution in [2.24, 2.45) is 0 Å². The van der Waals surface area contributed by atoms with Crippen molar-refractivity contribution in [3.63, 3.8) is 0 Å². The molecule has 14 heavy (non-hydrogen) atoms. The maximum Gasteiger partial charge on any atom is 0.214 e. The van der Waals surface area contributed by atoms with Crippen LogP contribution in [0.15, 0.2) is 0 Å². The fourth-order valence-corrected chi connectivity index (χ4v) is 3.28. The minimum atomic E-state index is -2.92. The number of carbonyl (C=O) groups excluding carboxylic acids is 1. The second-order valence-corrected chi connectivity index (χ2v) is 5.53. The van der Waals surface area contributed by atoms with Crippen LogP contribution in [0.2, 0.25) is 0 Å². The summed E-state index contributed by atoms with van der Waals surface area (Å²) in [6.45, 7) is 0. The van der Waals surface area contributed by atoms with Crippen LogP contribution in [0.5, 0.6) is 0 Å². The summed E-state index contributed by atoms with van der Waals surface area (Å²) < 4.78 is 22.3. The van der Waals surface area contributed by atoms with Crippen molar-refractivity contribution in [1.82, 2.24) is 15.2 Å². The van der Waals surface area contributed by atoms with E-state index in [0.717, 1.165) is 0 Å². The third-order valence-electron chi connectivity index (χ3n) is 2.24. The second-order valence-electron chi connectivity index (χ2n) is 3.30. The summed E-state index contributed by atoms with van der Waals surface area (Å²) in [5.41, 5.74) is 0. The van der Waals surface area contributed by atoms with Gasteiger partial charge in [0.25, 0.3) is 0 Å². The molecule has 0 spiro atoms. The zero-order valence-corrected chi connectivity index (χ0v) is 8.12. The van der Waals surface area contributed by atoms with Gasteiger partial charge in [-0.3, -0.25) is 9.89 Å². The van der Waals surface area contributed by atoms with E-state index in [0.29, 0.717) is 18.5 Å². The van der Waals surface area contributed by atoms with Crippen LogP contribution in [-0.2, 0) is 9.84 Å². The number of aromatic nitrogens is 3. The summed E-state index contributed by atoms with van der Waals surface area (Å²) in [6, 6.07) is 0. The van der Waals surface area contributed by atoms with E-state index in [2.05, 4.69) is 15.2 Å². The van der Waals surface area contributed by atoms with Crippen LogP contribution in [0.3, 0.4) is 0 Å². The molecule has 1 aromatic heterocycles. The van der Waals surface area contributed by atoms with Crippen molar-refractivity contribution in [2.75, 3.05) is 11.5 Å². The number of hydrogen-bond donors (Lipinski definition) is 1. The molecule has 1 saturated heterocycles. The normalized spacial score (nSPS) is 25.0. The number of hydrogen-bond acceptors (Lipinski definition) is 5. The molecule has 7 heteroatoms. The highest BCUT2D eigenvalue weighted by Gasteiger charge is 2.31. The first-order valence-electron chi connectivity index (χ1n) is 4.18. The van der Waals surface area contributed by atoms with Crippen LogP contribution >= 0.6 is 0 Å². The summed E-state index contributed by atoms with van der Waals surface area (Å²) in [5.74, 6) is 0.716. The number of aldehydes is 1. The van der Waals surface area contributed by atoms with Gasteiger partial charge in [-0.25, -0.2) is 13.4 Å². The molecule has 1 N–H and O–H groups in total. The van der Waals surface area contributed by atoms with Gasteiger partial charge in [-0.15, -0.1) is 0 Å². The number of aromatic amines is 1. The molecule has 2 heterocycles. The molecule has 0 aromatic carbocycles. The van der Waals surface area contributed by atoms with Gasteiger partial charge in [-0.1, -0.05) is 0 Å². The molecule has 1 aliphatic rings. The molecule has 6 nitrogen and oxygen atoms in total. The van der Waals surface area contributed by atoms with Gasteiger partial charge in [-0.05, 0) is 6.42 Å². The van der Waals surface area contributed by atoms with E-state index in [-0.39, 0.29) is 23.2 Å². The van der Waals surface area contributed by atoms with Gasteiger partial charge in [0.1, 0.15) is 5.82 Å². The summed E-state index contributed by atoms with van der Waals surface area (Å²) >= 11 is 0. The zero-order valence-electron chi connectivity index (χ0n) is 7.30. The lowest BCUT2D eigenvalue weighted by atomic mass is 10.1. The molecular formula is C7H9N3O3S. The number of sulfone groups is 1. The lowest BCUT2D eigenvalue weighted by Crippen LogP contribution is -2.05. The van der Waals surface area contributed by atoms with Crippen LogP contribution in [0.1, 0.15) is 28.8 Å². The van der Waals surface area contributed by atoms with Crippen molar-refractivity contribution >= 4 is 16.1 Å². The van der Waals surface area contributed by atoms with Gasteiger partial charge in [0.15, 0.2) is 16.1 Å². The van der Waals surface area contributed by atoms with E-state index in [9.17, 15) is 13.2 Å². The molecule has 0 bridgehead atoms. The highest BCUT2D eigenvalue weighted by molar-refractivity contribution is 7.91. The number of nitrogens with zero attached hydrogens (tertiary/aromatic N) is 2. The second kappa shape index (κ2) is 3.16. The monoisotopic (exact) mass is 215 g/mol. The molecule has 0 amide bonds. The molecule has 0 aliphatic carbocycles. The van der Waals surface area contributed by atoms with Gasteiger partial charge in [-0.2, -0.15) is 5.10 Å². The standard InChI is InChI=1S/C7H9N3O3S/c11-3-6-8-7(10-9-6)5-1-2-14(12,13)4-5/h3,5H,1-2,4H2,(H,8,9,10). The Morgan fingerprint density at radius 2 is 2.29 bits per heavy atom. The third kappa shape index (κ3) is 1.67. The Labute approximate surface area is 80.7 Å². The maximum absolute atomic E-state index is 11.2. The maximum atomic E-state index is 11.2. The minimum absolute atomic E-state index is 0.0734. The zero-order chi connectivity index (χ0) is 10.2. The summed E-state index contributed by atoms with van der Waals surface area (Å²) in [6.07, 6.45) is 1.08. The minimum Gasteiger partial charge on any atom is -0.294 e. The average Bonchev–Trinajstić information content (AvgIpc) is 2.70. The van der Waals surface area contributed by atoms with Crippen molar-refractivity contribution in [3.05, 3.63) is 11.6 Å². The summed E-state index contributed by atoms with van der Waals surface area (Å²) in [4.78, 5) is 14.2. The van der Waals surface area contributed by atoms with Crippen LogP contribution < -0.4 is 0 Å². The molecule has 1 aromatic rings. The summed E-state index contributed by atoms with van der Waals surface area (Å²) in [5, 5.41) is 6.21. The number of carbonyl (C=O) groups is 1.